The molecule has 1 N–H and O–H groups in total. The Labute approximate surface area is 110 Å². The molecule has 1 aromatic carbocycles. The summed E-state index contributed by atoms with van der Waals surface area (Å²) in [5.41, 5.74) is 0.302. The SMILES string of the molecule is OC(CC1=CCCCC1)c1ccccc1C(F)(F)F. The van der Waals surface area contributed by atoms with Gasteiger partial charge in [0.1, 0.15) is 0 Å². The van der Waals surface area contributed by atoms with Gasteiger partial charge >= 0.3 is 6.18 Å². The highest BCUT2D eigenvalue weighted by atomic mass is 19.4. The highest BCUT2D eigenvalue weighted by molar-refractivity contribution is 5.32. The van der Waals surface area contributed by atoms with Gasteiger partial charge in [-0.1, -0.05) is 29.8 Å². The van der Waals surface area contributed by atoms with Crippen LogP contribution in [0.2, 0.25) is 0 Å². The van der Waals surface area contributed by atoms with E-state index in [9.17, 15) is 18.3 Å². The van der Waals surface area contributed by atoms with Gasteiger partial charge in [-0.15, -0.1) is 0 Å². The predicted octanol–water partition coefficient (Wildman–Crippen LogP) is 4.63. The molecule has 104 valence electrons. The van der Waals surface area contributed by atoms with E-state index < -0.39 is 17.8 Å². The first-order valence-electron chi connectivity index (χ1n) is 6.50. The second-order valence-corrected chi connectivity index (χ2v) is 4.91. The minimum absolute atomic E-state index is 0.0264. The number of halogens is 3. The number of hydrogen-bond donors (Lipinski definition) is 1. The first kappa shape index (κ1) is 14.1. The van der Waals surface area contributed by atoms with Crippen molar-refractivity contribution in [3.63, 3.8) is 0 Å². The Kier molecular flexibility index (Phi) is 4.30. The molecule has 0 saturated heterocycles. The van der Waals surface area contributed by atoms with Crippen molar-refractivity contribution in [3.8, 4) is 0 Å². The van der Waals surface area contributed by atoms with Gasteiger partial charge in [0.15, 0.2) is 0 Å². The lowest BCUT2D eigenvalue weighted by Gasteiger charge is -2.20. The number of aliphatic hydroxyl groups excluding tert-OH is 1. The Balaban J connectivity index is 2.19. The second-order valence-electron chi connectivity index (χ2n) is 4.91. The second kappa shape index (κ2) is 5.78. The smallest absolute Gasteiger partial charge is 0.388 e. The maximum atomic E-state index is 12.9. The fourth-order valence-corrected chi connectivity index (χ4v) is 2.49. The van der Waals surface area contributed by atoms with Gasteiger partial charge in [-0.25, -0.2) is 0 Å². The van der Waals surface area contributed by atoms with Crippen LogP contribution in [0.15, 0.2) is 35.9 Å². The van der Waals surface area contributed by atoms with Crippen molar-refractivity contribution in [2.75, 3.05) is 0 Å². The summed E-state index contributed by atoms with van der Waals surface area (Å²) in [5, 5.41) is 10.1. The molecule has 0 fully saturated rings. The van der Waals surface area contributed by atoms with E-state index in [1.807, 2.05) is 6.08 Å². The molecule has 4 heteroatoms. The van der Waals surface area contributed by atoms with Crippen molar-refractivity contribution in [1.29, 1.82) is 0 Å². The number of hydrogen-bond acceptors (Lipinski definition) is 1. The zero-order chi connectivity index (χ0) is 13.9. The lowest BCUT2D eigenvalue weighted by Crippen LogP contribution is -2.12. The molecular formula is C15H17F3O. The summed E-state index contributed by atoms with van der Waals surface area (Å²) in [6.07, 6.45) is 0.864. The highest BCUT2D eigenvalue weighted by Crippen LogP contribution is 2.37. The topological polar surface area (TPSA) is 20.2 Å². The van der Waals surface area contributed by atoms with Gasteiger partial charge in [0.2, 0.25) is 0 Å². The maximum Gasteiger partial charge on any atom is 0.416 e. The van der Waals surface area contributed by atoms with Gasteiger partial charge in [0, 0.05) is 0 Å². The molecule has 0 radical (unpaired) electrons. The van der Waals surface area contributed by atoms with Gasteiger partial charge in [0.05, 0.1) is 11.7 Å². The number of alkyl halides is 3. The molecule has 1 aliphatic rings. The van der Waals surface area contributed by atoms with E-state index in [0.29, 0.717) is 6.42 Å². The molecule has 0 spiro atoms. The van der Waals surface area contributed by atoms with E-state index in [1.54, 1.807) is 0 Å². The zero-order valence-electron chi connectivity index (χ0n) is 10.6. The first-order chi connectivity index (χ1) is 8.98. The number of rotatable bonds is 3. The summed E-state index contributed by atoms with van der Waals surface area (Å²) in [7, 11) is 0. The summed E-state index contributed by atoms with van der Waals surface area (Å²) < 4.78 is 38.6. The summed E-state index contributed by atoms with van der Waals surface area (Å²) >= 11 is 0. The number of allylic oxidation sites excluding steroid dienone is 1. The summed E-state index contributed by atoms with van der Waals surface area (Å²) in [5.74, 6) is 0. The fourth-order valence-electron chi connectivity index (χ4n) is 2.49. The molecule has 1 unspecified atom stereocenters. The van der Waals surface area contributed by atoms with E-state index in [-0.39, 0.29) is 5.56 Å². The van der Waals surface area contributed by atoms with Crippen LogP contribution < -0.4 is 0 Å². The zero-order valence-corrected chi connectivity index (χ0v) is 10.6. The van der Waals surface area contributed by atoms with Gasteiger partial charge in [-0.05, 0) is 43.7 Å². The molecule has 0 saturated carbocycles. The molecule has 2 rings (SSSR count). The van der Waals surface area contributed by atoms with Gasteiger partial charge in [-0.2, -0.15) is 13.2 Å². The van der Waals surface area contributed by atoms with Crippen LogP contribution in [0.4, 0.5) is 13.2 Å². The Morgan fingerprint density at radius 3 is 2.53 bits per heavy atom. The van der Waals surface area contributed by atoms with Gasteiger partial charge < -0.3 is 5.11 Å². The minimum Gasteiger partial charge on any atom is -0.388 e. The summed E-state index contributed by atoms with van der Waals surface area (Å²) in [6.45, 7) is 0. The van der Waals surface area contributed by atoms with E-state index in [2.05, 4.69) is 0 Å². The molecule has 1 atom stereocenters. The lowest BCUT2D eigenvalue weighted by molar-refractivity contribution is -0.139. The molecule has 1 aromatic rings. The Bertz CT molecular complexity index is 463. The van der Waals surface area contributed by atoms with Gasteiger partial charge in [0.25, 0.3) is 0 Å². The Hall–Kier alpha value is -1.29. The van der Waals surface area contributed by atoms with E-state index in [0.717, 1.165) is 37.3 Å². The largest absolute Gasteiger partial charge is 0.416 e. The van der Waals surface area contributed by atoms with Crippen LogP contribution in [-0.4, -0.2) is 5.11 Å². The van der Waals surface area contributed by atoms with Crippen molar-refractivity contribution < 1.29 is 18.3 Å². The molecule has 0 bridgehead atoms. The Morgan fingerprint density at radius 1 is 1.16 bits per heavy atom. The normalized spacial score (nSPS) is 18.0. The third kappa shape index (κ3) is 3.60. The first-order valence-corrected chi connectivity index (χ1v) is 6.50. The van der Waals surface area contributed by atoms with Crippen molar-refractivity contribution >= 4 is 0 Å². The summed E-state index contributed by atoms with van der Waals surface area (Å²) in [6, 6.07) is 5.26. The molecule has 0 amide bonds. The molecule has 1 aliphatic carbocycles. The van der Waals surface area contributed by atoms with E-state index >= 15 is 0 Å². The standard InChI is InChI=1S/C15H17F3O/c16-15(17,18)13-9-5-4-8-12(13)14(19)10-11-6-2-1-3-7-11/h4-6,8-9,14,19H,1-3,7,10H2. The molecule has 0 aliphatic heterocycles. The van der Waals surface area contributed by atoms with Crippen LogP contribution in [-0.2, 0) is 6.18 Å². The average Bonchev–Trinajstić information content (AvgIpc) is 2.39. The molecule has 0 heterocycles. The van der Waals surface area contributed by atoms with Crippen LogP contribution in [0.25, 0.3) is 0 Å². The minimum atomic E-state index is -4.42. The maximum absolute atomic E-state index is 12.9. The quantitative estimate of drug-likeness (QED) is 0.794. The molecule has 1 nitrogen and oxygen atoms in total. The fraction of sp³-hybridized carbons (Fsp3) is 0.467. The van der Waals surface area contributed by atoms with E-state index in [1.165, 1.54) is 18.2 Å². The van der Waals surface area contributed by atoms with Crippen LogP contribution in [0, 0.1) is 0 Å². The summed E-state index contributed by atoms with van der Waals surface area (Å²) in [4.78, 5) is 0. The predicted molar refractivity (Wildman–Crippen MR) is 67.6 cm³/mol. The van der Waals surface area contributed by atoms with E-state index in [4.69, 9.17) is 0 Å². The van der Waals surface area contributed by atoms with Crippen molar-refractivity contribution in [2.45, 2.75) is 44.4 Å². The molecule has 19 heavy (non-hydrogen) atoms. The lowest BCUT2D eigenvalue weighted by atomic mass is 9.91. The van der Waals surface area contributed by atoms with Crippen molar-refractivity contribution in [3.05, 3.63) is 47.0 Å². The molecule has 0 aromatic heterocycles. The van der Waals surface area contributed by atoms with Crippen LogP contribution in [0.3, 0.4) is 0 Å². The average molecular weight is 270 g/mol. The van der Waals surface area contributed by atoms with Crippen LogP contribution >= 0.6 is 0 Å². The van der Waals surface area contributed by atoms with Crippen molar-refractivity contribution in [2.24, 2.45) is 0 Å². The third-order valence-corrected chi connectivity index (χ3v) is 3.47. The Morgan fingerprint density at radius 2 is 1.89 bits per heavy atom. The van der Waals surface area contributed by atoms with Crippen LogP contribution in [0.5, 0.6) is 0 Å². The van der Waals surface area contributed by atoms with Crippen LogP contribution in [0.1, 0.15) is 49.3 Å². The number of benzene rings is 1. The number of aliphatic hydroxyl groups is 1. The highest BCUT2D eigenvalue weighted by Gasteiger charge is 2.34. The third-order valence-electron chi connectivity index (χ3n) is 3.47. The van der Waals surface area contributed by atoms with Gasteiger partial charge in [-0.3, -0.25) is 0 Å². The monoisotopic (exact) mass is 270 g/mol. The molecular weight excluding hydrogens is 253 g/mol. The van der Waals surface area contributed by atoms with Crippen molar-refractivity contribution in [1.82, 2.24) is 0 Å².